The third-order valence-electron chi connectivity index (χ3n) is 3.32. The Hall–Kier alpha value is -0.0500. The molecule has 1 N–H and O–H groups in total. The molecule has 0 amide bonds. The quantitative estimate of drug-likeness (QED) is 0.861. The van der Waals surface area contributed by atoms with Crippen molar-refractivity contribution in [2.75, 3.05) is 0 Å². The van der Waals surface area contributed by atoms with Gasteiger partial charge in [-0.3, -0.25) is 0 Å². The molecule has 0 atom stereocenters. The van der Waals surface area contributed by atoms with Gasteiger partial charge in [0.05, 0.1) is 5.60 Å². The molecule has 0 bridgehead atoms. The van der Waals surface area contributed by atoms with Gasteiger partial charge in [-0.2, -0.15) is 0 Å². The van der Waals surface area contributed by atoms with E-state index in [-0.39, 0.29) is 0 Å². The fraction of sp³-hybridized carbons (Fsp3) is 0.538. The Morgan fingerprint density at radius 2 is 1.94 bits per heavy atom. The summed E-state index contributed by atoms with van der Waals surface area (Å²) < 4.78 is 0.983. The van der Waals surface area contributed by atoms with Crippen molar-refractivity contribution >= 4 is 27.5 Å². The monoisotopic (exact) mass is 302 g/mol. The van der Waals surface area contributed by atoms with Crippen LogP contribution in [0.4, 0.5) is 0 Å². The molecule has 1 aliphatic rings. The third kappa shape index (κ3) is 2.99. The van der Waals surface area contributed by atoms with Crippen LogP contribution in [0.1, 0.15) is 37.7 Å². The van der Waals surface area contributed by atoms with Crippen LogP contribution in [0.25, 0.3) is 0 Å². The van der Waals surface area contributed by atoms with Gasteiger partial charge in [0.25, 0.3) is 0 Å². The Bertz CT molecular complexity index is 372. The van der Waals surface area contributed by atoms with E-state index in [1.54, 1.807) is 0 Å². The Morgan fingerprint density at radius 3 is 2.56 bits per heavy atom. The first-order valence-corrected chi connectivity index (χ1v) is 6.92. The summed E-state index contributed by atoms with van der Waals surface area (Å²) in [7, 11) is 0. The van der Waals surface area contributed by atoms with E-state index in [1.165, 1.54) is 6.42 Å². The second-order valence-electron chi connectivity index (χ2n) is 4.70. The molecule has 1 saturated carbocycles. The van der Waals surface area contributed by atoms with Gasteiger partial charge >= 0.3 is 0 Å². The number of hydrogen-bond donors (Lipinski definition) is 1. The molecule has 0 saturated heterocycles. The Labute approximate surface area is 110 Å². The van der Waals surface area contributed by atoms with Gasteiger partial charge < -0.3 is 5.11 Å². The molecule has 0 radical (unpaired) electrons. The van der Waals surface area contributed by atoms with Crippen molar-refractivity contribution in [3.05, 3.63) is 33.3 Å². The van der Waals surface area contributed by atoms with Gasteiger partial charge in [-0.05, 0) is 30.5 Å². The minimum absolute atomic E-state index is 0.532. The molecule has 1 aliphatic carbocycles. The van der Waals surface area contributed by atoms with Gasteiger partial charge in [-0.15, -0.1) is 0 Å². The van der Waals surface area contributed by atoms with E-state index in [2.05, 4.69) is 15.9 Å². The zero-order valence-corrected chi connectivity index (χ0v) is 11.5. The maximum atomic E-state index is 10.4. The number of benzene rings is 1. The Morgan fingerprint density at radius 1 is 1.25 bits per heavy atom. The van der Waals surface area contributed by atoms with Crippen molar-refractivity contribution in [1.29, 1.82) is 0 Å². The molecule has 0 aromatic heterocycles. The minimum atomic E-state index is -0.532. The van der Waals surface area contributed by atoms with Gasteiger partial charge in [0.15, 0.2) is 0 Å². The molecule has 16 heavy (non-hydrogen) atoms. The fourth-order valence-electron chi connectivity index (χ4n) is 2.41. The molecule has 3 heteroatoms. The topological polar surface area (TPSA) is 20.2 Å². The van der Waals surface area contributed by atoms with Crippen molar-refractivity contribution in [2.45, 2.75) is 44.1 Å². The van der Waals surface area contributed by atoms with Crippen LogP contribution < -0.4 is 0 Å². The first-order chi connectivity index (χ1) is 7.59. The van der Waals surface area contributed by atoms with E-state index in [0.717, 1.165) is 40.7 Å². The summed E-state index contributed by atoms with van der Waals surface area (Å²) in [5, 5.41) is 11.2. The molecule has 0 heterocycles. The Balaban J connectivity index is 2.13. The van der Waals surface area contributed by atoms with Crippen molar-refractivity contribution in [3.8, 4) is 0 Å². The number of rotatable bonds is 2. The largest absolute Gasteiger partial charge is 0.390 e. The molecule has 1 nitrogen and oxygen atoms in total. The number of hydrogen-bond acceptors (Lipinski definition) is 1. The van der Waals surface area contributed by atoms with E-state index in [9.17, 15) is 5.11 Å². The highest BCUT2D eigenvalue weighted by Gasteiger charge is 2.29. The summed E-state index contributed by atoms with van der Waals surface area (Å²) in [4.78, 5) is 0. The van der Waals surface area contributed by atoms with Crippen LogP contribution in [0.15, 0.2) is 22.7 Å². The highest BCUT2D eigenvalue weighted by Crippen LogP contribution is 2.33. The Kier molecular flexibility index (Phi) is 3.93. The molecular weight excluding hydrogens is 287 g/mol. The van der Waals surface area contributed by atoms with E-state index in [4.69, 9.17) is 11.6 Å². The second-order valence-corrected chi connectivity index (χ2v) is 6.02. The molecule has 0 unspecified atom stereocenters. The van der Waals surface area contributed by atoms with Gasteiger partial charge in [-0.25, -0.2) is 0 Å². The highest BCUT2D eigenvalue weighted by atomic mass is 79.9. The van der Waals surface area contributed by atoms with Crippen molar-refractivity contribution in [2.24, 2.45) is 0 Å². The van der Waals surface area contributed by atoms with Crippen LogP contribution in [0.5, 0.6) is 0 Å². The van der Waals surface area contributed by atoms with Crippen LogP contribution in [0.3, 0.4) is 0 Å². The maximum absolute atomic E-state index is 10.4. The van der Waals surface area contributed by atoms with Crippen LogP contribution >= 0.6 is 27.5 Å². The van der Waals surface area contributed by atoms with E-state index in [0.29, 0.717) is 6.42 Å². The molecule has 2 rings (SSSR count). The summed E-state index contributed by atoms with van der Waals surface area (Å²) in [6.07, 6.45) is 5.99. The van der Waals surface area contributed by atoms with Gasteiger partial charge in [0.1, 0.15) is 0 Å². The van der Waals surface area contributed by atoms with E-state index >= 15 is 0 Å². The number of aliphatic hydroxyl groups is 1. The lowest BCUT2D eigenvalue weighted by Crippen LogP contribution is -2.33. The average molecular weight is 304 g/mol. The fourth-order valence-corrected chi connectivity index (χ4v) is 3.15. The summed E-state index contributed by atoms with van der Waals surface area (Å²) >= 11 is 9.56. The summed E-state index contributed by atoms with van der Waals surface area (Å²) in [6.45, 7) is 0. The predicted octanol–water partition coefficient (Wildman–Crippen LogP) is 4.34. The van der Waals surface area contributed by atoms with Crippen LogP contribution in [-0.4, -0.2) is 10.7 Å². The molecule has 1 aromatic carbocycles. The number of halogens is 2. The van der Waals surface area contributed by atoms with Gasteiger partial charge in [0.2, 0.25) is 0 Å². The molecule has 0 aliphatic heterocycles. The van der Waals surface area contributed by atoms with Crippen LogP contribution in [0.2, 0.25) is 5.02 Å². The summed E-state index contributed by atoms with van der Waals surface area (Å²) in [6, 6.07) is 5.87. The molecular formula is C13H16BrClO. The van der Waals surface area contributed by atoms with E-state index < -0.39 is 5.60 Å². The molecule has 88 valence electrons. The minimum Gasteiger partial charge on any atom is -0.390 e. The highest BCUT2D eigenvalue weighted by molar-refractivity contribution is 9.10. The van der Waals surface area contributed by atoms with Crippen molar-refractivity contribution in [3.63, 3.8) is 0 Å². The van der Waals surface area contributed by atoms with Crippen LogP contribution in [0, 0.1) is 0 Å². The lowest BCUT2D eigenvalue weighted by molar-refractivity contribution is 0.00450. The first kappa shape index (κ1) is 12.4. The van der Waals surface area contributed by atoms with Crippen molar-refractivity contribution < 1.29 is 5.11 Å². The zero-order chi connectivity index (χ0) is 11.6. The lowest BCUT2D eigenvalue weighted by Gasteiger charge is -2.32. The first-order valence-electron chi connectivity index (χ1n) is 5.75. The molecule has 0 spiro atoms. The lowest BCUT2D eigenvalue weighted by atomic mass is 9.80. The standard InChI is InChI=1S/C13H16BrClO/c14-11-5-4-10(12(15)8-11)9-13(16)6-2-1-3-7-13/h4-5,8,16H,1-3,6-7,9H2. The zero-order valence-electron chi connectivity index (χ0n) is 9.18. The van der Waals surface area contributed by atoms with Crippen LogP contribution in [-0.2, 0) is 6.42 Å². The predicted molar refractivity (Wildman–Crippen MR) is 70.9 cm³/mol. The third-order valence-corrected chi connectivity index (χ3v) is 4.16. The smallest absolute Gasteiger partial charge is 0.0688 e. The molecule has 1 aromatic rings. The summed E-state index contributed by atoms with van der Waals surface area (Å²) in [5.41, 5.74) is 0.518. The summed E-state index contributed by atoms with van der Waals surface area (Å²) in [5.74, 6) is 0. The average Bonchev–Trinajstić information content (AvgIpc) is 2.23. The van der Waals surface area contributed by atoms with Gasteiger partial charge in [-0.1, -0.05) is 52.9 Å². The van der Waals surface area contributed by atoms with Crippen molar-refractivity contribution in [1.82, 2.24) is 0 Å². The normalized spacial score (nSPS) is 19.7. The maximum Gasteiger partial charge on any atom is 0.0688 e. The molecule has 1 fully saturated rings. The van der Waals surface area contributed by atoms with Gasteiger partial charge in [0, 0.05) is 15.9 Å². The SMILES string of the molecule is OC1(Cc2ccc(Br)cc2Cl)CCCCC1. The second kappa shape index (κ2) is 5.07. The van der Waals surface area contributed by atoms with E-state index in [1.807, 2.05) is 18.2 Å².